The molecule has 18 heavy (non-hydrogen) atoms. The monoisotopic (exact) mass is 257 g/mol. The van der Waals surface area contributed by atoms with Crippen molar-refractivity contribution in [2.45, 2.75) is 39.0 Å². The summed E-state index contributed by atoms with van der Waals surface area (Å²) in [6.45, 7) is 3.78. The van der Waals surface area contributed by atoms with E-state index in [1.807, 2.05) is 0 Å². The van der Waals surface area contributed by atoms with E-state index in [0.717, 1.165) is 25.7 Å². The molecule has 1 rings (SSSR count). The van der Waals surface area contributed by atoms with Gasteiger partial charge in [-0.3, -0.25) is 9.59 Å². The summed E-state index contributed by atoms with van der Waals surface area (Å²) in [7, 11) is 0. The largest absolute Gasteiger partial charge is 0.481 e. The van der Waals surface area contributed by atoms with Gasteiger partial charge in [0.2, 0.25) is 5.91 Å². The molecule has 1 N–H and O–H groups in total. The normalized spacial score (nSPS) is 19.8. The van der Waals surface area contributed by atoms with Crippen LogP contribution in [0.4, 0.5) is 0 Å². The van der Waals surface area contributed by atoms with E-state index >= 15 is 0 Å². The summed E-state index contributed by atoms with van der Waals surface area (Å²) in [4.78, 5) is 24.3. The highest BCUT2D eigenvalue weighted by molar-refractivity contribution is 5.79. The van der Waals surface area contributed by atoms with E-state index in [0.29, 0.717) is 26.1 Å². The van der Waals surface area contributed by atoms with E-state index in [1.165, 1.54) is 0 Å². The lowest BCUT2D eigenvalue weighted by Crippen LogP contribution is -2.43. The van der Waals surface area contributed by atoms with E-state index < -0.39 is 11.9 Å². The van der Waals surface area contributed by atoms with Crippen LogP contribution in [0, 0.1) is 5.92 Å². The van der Waals surface area contributed by atoms with E-state index in [4.69, 9.17) is 9.84 Å². The Hall–Kier alpha value is -1.10. The molecule has 0 bridgehead atoms. The molecular formula is C13H23NO4. The quantitative estimate of drug-likeness (QED) is 0.702. The summed E-state index contributed by atoms with van der Waals surface area (Å²) in [5.74, 6) is -1.31. The standard InChI is InChI=1S/C13H23NO4/c1-2-3-4-8-18-10-12(15)14-7-5-6-11(9-14)13(16)17/h11H,2-10H2,1H3,(H,16,17). The van der Waals surface area contributed by atoms with E-state index in [9.17, 15) is 9.59 Å². The molecule has 5 heteroatoms. The second-order valence-corrected chi connectivity index (χ2v) is 4.78. The molecule has 1 amide bonds. The van der Waals surface area contributed by atoms with Crippen LogP contribution in [0.25, 0.3) is 0 Å². The Labute approximate surface area is 108 Å². The van der Waals surface area contributed by atoms with Crippen LogP contribution in [0.3, 0.4) is 0 Å². The van der Waals surface area contributed by atoms with Crippen molar-refractivity contribution in [2.24, 2.45) is 5.92 Å². The van der Waals surface area contributed by atoms with Gasteiger partial charge < -0.3 is 14.7 Å². The van der Waals surface area contributed by atoms with Gasteiger partial charge in [-0.1, -0.05) is 19.8 Å². The smallest absolute Gasteiger partial charge is 0.308 e. The van der Waals surface area contributed by atoms with Crippen LogP contribution >= 0.6 is 0 Å². The lowest BCUT2D eigenvalue weighted by molar-refractivity contribution is -0.147. The van der Waals surface area contributed by atoms with Gasteiger partial charge in [0.25, 0.3) is 0 Å². The van der Waals surface area contributed by atoms with Gasteiger partial charge in [-0.05, 0) is 19.3 Å². The Bertz CT molecular complexity index is 280. The number of ether oxygens (including phenoxy) is 1. The molecule has 1 heterocycles. The summed E-state index contributed by atoms with van der Waals surface area (Å²) in [5, 5.41) is 8.94. The van der Waals surface area contributed by atoms with Crippen molar-refractivity contribution in [1.82, 2.24) is 4.90 Å². The first-order valence-corrected chi connectivity index (χ1v) is 6.73. The Kier molecular flexibility index (Phi) is 6.72. The van der Waals surface area contributed by atoms with Gasteiger partial charge in [0.05, 0.1) is 5.92 Å². The number of nitrogens with zero attached hydrogens (tertiary/aromatic N) is 1. The molecule has 0 aromatic rings. The first-order valence-electron chi connectivity index (χ1n) is 6.73. The van der Waals surface area contributed by atoms with Crippen molar-refractivity contribution in [3.05, 3.63) is 0 Å². The minimum absolute atomic E-state index is 0.0794. The highest BCUT2D eigenvalue weighted by atomic mass is 16.5. The highest BCUT2D eigenvalue weighted by Gasteiger charge is 2.27. The third-order valence-corrected chi connectivity index (χ3v) is 3.24. The molecule has 0 aliphatic carbocycles. The Balaban J connectivity index is 2.22. The minimum atomic E-state index is -0.809. The fraction of sp³-hybridized carbons (Fsp3) is 0.846. The third kappa shape index (κ3) is 5.04. The molecule has 1 atom stereocenters. The molecule has 1 aliphatic heterocycles. The third-order valence-electron chi connectivity index (χ3n) is 3.24. The summed E-state index contributed by atoms with van der Waals surface area (Å²) in [6, 6.07) is 0. The van der Waals surface area contributed by atoms with E-state index in [-0.39, 0.29) is 12.5 Å². The summed E-state index contributed by atoms with van der Waals surface area (Å²) in [5.41, 5.74) is 0. The molecule has 0 radical (unpaired) electrons. The van der Waals surface area contributed by atoms with Gasteiger partial charge in [0.15, 0.2) is 0 Å². The lowest BCUT2D eigenvalue weighted by atomic mass is 9.98. The fourth-order valence-corrected chi connectivity index (χ4v) is 2.11. The maximum atomic E-state index is 11.8. The molecule has 0 saturated carbocycles. The SMILES string of the molecule is CCCCCOCC(=O)N1CCCC(C(=O)O)C1. The van der Waals surface area contributed by atoms with Crippen LogP contribution in [-0.2, 0) is 14.3 Å². The van der Waals surface area contributed by atoms with Crippen molar-refractivity contribution < 1.29 is 19.4 Å². The Morgan fingerprint density at radius 1 is 1.39 bits per heavy atom. The number of carbonyl (C=O) groups is 2. The van der Waals surface area contributed by atoms with Crippen molar-refractivity contribution in [1.29, 1.82) is 0 Å². The molecule has 1 aliphatic rings. The zero-order valence-electron chi connectivity index (χ0n) is 11.1. The number of carbonyl (C=O) groups excluding carboxylic acids is 1. The molecule has 0 spiro atoms. The predicted octanol–water partition coefficient (Wildman–Crippen LogP) is 1.52. The summed E-state index contributed by atoms with van der Waals surface area (Å²) >= 11 is 0. The average molecular weight is 257 g/mol. The number of carboxylic acid groups (broad SMARTS) is 1. The predicted molar refractivity (Wildman–Crippen MR) is 67.3 cm³/mol. The number of piperidine rings is 1. The number of aliphatic carboxylic acids is 1. The molecular weight excluding hydrogens is 234 g/mol. The molecule has 104 valence electrons. The van der Waals surface area contributed by atoms with Gasteiger partial charge in [-0.15, -0.1) is 0 Å². The first kappa shape index (κ1) is 15.0. The maximum Gasteiger partial charge on any atom is 0.308 e. The second-order valence-electron chi connectivity index (χ2n) is 4.78. The molecule has 1 saturated heterocycles. The Morgan fingerprint density at radius 2 is 2.17 bits per heavy atom. The summed E-state index contributed by atoms with van der Waals surface area (Å²) < 4.78 is 5.31. The number of likely N-dealkylation sites (tertiary alicyclic amines) is 1. The molecule has 1 fully saturated rings. The van der Waals surface area contributed by atoms with Crippen LogP contribution in [0.5, 0.6) is 0 Å². The molecule has 1 unspecified atom stereocenters. The minimum Gasteiger partial charge on any atom is -0.481 e. The van der Waals surface area contributed by atoms with Crippen molar-refractivity contribution in [3.8, 4) is 0 Å². The fourth-order valence-electron chi connectivity index (χ4n) is 2.11. The van der Waals surface area contributed by atoms with Crippen molar-refractivity contribution in [2.75, 3.05) is 26.3 Å². The summed E-state index contributed by atoms with van der Waals surface area (Å²) in [6.07, 6.45) is 4.64. The van der Waals surface area contributed by atoms with Crippen LogP contribution in [0.1, 0.15) is 39.0 Å². The van der Waals surface area contributed by atoms with Crippen molar-refractivity contribution >= 4 is 11.9 Å². The van der Waals surface area contributed by atoms with Gasteiger partial charge in [0, 0.05) is 19.7 Å². The Morgan fingerprint density at radius 3 is 2.83 bits per heavy atom. The zero-order chi connectivity index (χ0) is 13.4. The van der Waals surface area contributed by atoms with Gasteiger partial charge in [-0.25, -0.2) is 0 Å². The number of hydrogen-bond acceptors (Lipinski definition) is 3. The zero-order valence-corrected chi connectivity index (χ0v) is 11.1. The number of amides is 1. The molecule has 0 aromatic carbocycles. The highest BCUT2D eigenvalue weighted by Crippen LogP contribution is 2.16. The first-order chi connectivity index (χ1) is 8.65. The topological polar surface area (TPSA) is 66.8 Å². The van der Waals surface area contributed by atoms with E-state index in [1.54, 1.807) is 4.90 Å². The van der Waals surface area contributed by atoms with E-state index in [2.05, 4.69) is 6.92 Å². The number of unbranched alkanes of at least 4 members (excludes halogenated alkanes) is 2. The second kappa shape index (κ2) is 8.08. The van der Waals surface area contributed by atoms with Crippen LogP contribution < -0.4 is 0 Å². The maximum absolute atomic E-state index is 11.8. The number of carboxylic acids is 1. The number of hydrogen-bond donors (Lipinski definition) is 1. The lowest BCUT2D eigenvalue weighted by Gasteiger charge is -2.30. The number of rotatable bonds is 7. The van der Waals surface area contributed by atoms with Crippen LogP contribution in [0.15, 0.2) is 0 Å². The molecule has 0 aromatic heterocycles. The van der Waals surface area contributed by atoms with Crippen LogP contribution in [0.2, 0.25) is 0 Å². The van der Waals surface area contributed by atoms with Gasteiger partial charge >= 0.3 is 5.97 Å². The van der Waals surface area contributed by atoms with Gasteiger partial charge in [0.1, 0.15) is 6.61 Å². The van der Waals surface area contributed by atoms with Crippen LogP contribution in [-0.4, -0.2) is 48.2 Å². The van der Waals surface area contributed by atoms with Gasteiger partial charge in [-0.2, -0.15) is 0 Å². The molecule has 5 nitrogen and oxygen atoms in total. The van der Waals surface area contributed by atoms with Crippen molar-refractivity contribution in [3.63, 3.8) is 0 Å². The average Bonchev–Trinajstić information content (AvgIpc) is 2.38.